The fourth-order valence-electron chi connectivity index (χ4n) is 2.26. The summed E-state index contributed by atoms with van der Waals surface area (Å²) in [6, 6.07) is 11.3. The highest BCUT2D eigenvalue weighted by atomic mass is 32.2. The molecule has 0 fully saturated rings. The topological polar surface area (TPSA) is 81.2 Å². The molecule has 1 aromatic heterocycles. The van der Waals surface area contributed by atoms with Crippen molar-refractivity contribution in [2.24, 2.45) is 0 Å². The number of anilines is 1. The van der Waals surface area contributed by atoms with E-state index in [1.165, 1.54) is 19.2 Å². The molecule has 0 aliphatic rings. The predicted molar refractivity (Wildman–Crippen MR) is 92.8 cm³/mol. The zero-order valence-corrected chi connectivity index (χ0v) is 14.4. The van der Waals surface area contributed by atoms with E-state index in [4.69, 9.17) is 4.74 Å². The summed E-state index contributed by atoms with van der Waals surface area (Å²) in [5.41, 5.74) is 3.49. The first kappa shape index (κ1) is 16.2. The average Bonchev–Trinajstić information content (AvgIpc) is 2.56. The van der Waals surface area contributed by atoms with Crippen LogP contribution in [0.25, 0.3) is 11.0 Å². The number of aromatic nitrogens is 2. The standard InChI is InChI=1S/C17H17N3O3S/c1-11-12(2)19-17-10-13(4-9-16(17)18-11)20-24(21,22)15-7-5-14(23-3)6-8-15/h4-10,20H,1-3H3. The first-order valence-electron chi connectivity index (χ1n) is 7.31. The number of ether oxygens (including phenoxy) is 1. The molecule has 24 heavy (non-hydrogen) atoms. The van der Waals surface area contributed by atoms with Crippen molar-refractivity contribution in [2.45, 2.75) is 18.7 Å². The molecule has 0 amide bonds. The largest absolute Gasteiger partial charge is 0.497 e. The Labute approximate surface area is 140 Å². The fraction of sp³-hybridized carbons (Fsp3) is 0.176. The van der Waals surface area contributed by atoms with Gasteiger partial charge in [0.2, 0.25) is 0 Å². The predicted octanol–water partition coefficient (Wildman–Crippen LogP) is 3.06. The monoisotopic (exact) mass is 343 g/mol. The number of sulfonamides is 1. The van der Waals surface area contributed by atoms with Crippen LogP contribution in [0, 0.1) is 13.8 Å². The summed E-state index contributed by atoms with van der Waals surface area (Å²) in [4.78, 5) is 9.05. The maximum atomic E-state index is 12.5. The molecule has 7 heteroatoms. The van der Waals surface area contributed by atoms with Gasteiger partial charge < -0.3 is 4.74 Å². The van der Waals surface area contributed by atoms with Gasteiger partial charge in [0.1, 0.15) is 5.75 Å². The van der Waals surface area contributed by atoms with Gasteiger partial charge in [-0.1, -0.05) is 0 Å². The van der Waals surface area contributed by atoms with E-state index in [-0.39, 0.29) is 4.90 Å². The number of nitrogens with one attached hydrogen (secondary N) is 1. The van der Waals surface area contributed by atoms with Crippen LogP contribution in [0.2, 0.25) is 0 Å². The van der Waals surface area contributed by atoms with Crippen molar-refractivity contribution >= 4 is 26.7 Å². The van der Waals surface area contributed by atoms with Crippen molar-refractivity contribution < 1.29 is 13.2 Å². The van der Waals surface area contributed by atoms with E-state index in [0.29, 0.717) is 17.0 Å². The van der Waals surface area contributed by atoms with E-state index in [2.05, 4.69) is 14.7 Å². The van der Waals surface area contributed by atoms with Crippen molar-refractivity contribution in [3.63, 3.8) is 0 Å². The van der Waals surface area contributed by atoms with E-state index >= 15 is 0 Å². The van der Waals surface area contributed by atoms with Crippen LogP contribution in [-0.2, 0) is 10.0 Å². The first-order chi connectivity index (χ1) is 11.4. The summed E-state index contributed by atoms with van der Waals surface area (Å²) in [5.74, 6) is 0.598. The summed E-state index contributed by atoms with van der Waals surface area (Å²) < 4.78 is 32.5. The third-order valence-corrected chi connectivity index (χ3v) is 5.09. The molecule has 124 valence electrons. The molecule has 2 aromatic carbocycles. The molecular weight excluding hydrogens is 326 g/mol. The number of aryl methyl sites for hydroxylation is 2. The Hall–Kier alpha value is -2.67. The molecule has 3 aromatic rings. The van der Waals surface area contributed by atoms with Gasteiger partial charge in [-0.25, -0.2) is 18.4 Å². The summed E-state index contributed by atoms with van der Waals surface area (Å²) in [6.07, 6.45) is 0. The minimum atomic E-state index is -3.68. The van der Waals surface area contributed by atoms with Crippen LogP contribution >= 0.6 is 0 Å². The maximum Gasteiger partial charge on any atom is 0.261 e. The highest BCUT2D eigenvalue weighted by molar-refractivity contribution is 7.92. The van der Waals surface area contributed by atoms with Gasteiger partial charge in [0.25, 0.3) is 10.0 Å². The Kier molecular flexibility index (Phi) is 4.11. The molecule has 6 nitrogen and oxygen atoms in total. The Balaban J connectivity index is 1.94. The lowest BCUT2D eigenvalue weighted by Crippen LogP contribution is -2.13. The molecule has 0 aliphatic heterocycles. The average molecular weight is 343 g/mol. The Morgan fingerprint density at radius 1 is 0.917 bits per heavy atom. The molecule has 0 unspecified atom stereocenters. The molecule has 0 aliphatic carbocycles. The van der Waals surface area contributed by atoms with Crippen LogP contribution in [0.3, 0.4) is 0 Å². The molecule has 1 N–H and O–H groups in total. The van der Waals surface area contributed by atoms with Crippen LogP contribution in [0.15, 0.2) is 47.4 Å². The fourth-order valence-corrected chi connectivity index (χ4v) is 3.31. The van der Waals surface area contributed by atoms with Crippen LogP contribution in [0.4, 0.5) is 5.69 Å². The van der Waals surface area contributed by atoms with E-state index < -0.39 is 10.0 Å². The first-order valence-corrected chi connectivity index (χ1v) is 8.79. The molecule has 0 saturated carbocycles. The van der Waals surface area contributed by atoms with Crippen molar-refractivity contribution in [3.05, 3.63) is 53.9 Å². The second-order valence-electron chi connectivity index (χ2n) is 5.38. The molecule has 0 saturated heterocycles. The number of benzene rings is 2. The van der Waals surface area contributed by atoms with E-state index in [1.807, 2.05) is 13.8 Å². The molecule has 0 spiro atoms. The number of hydrogen-bond donors (Lipinski definition) is 1. The van der Waals surface area contributed by atoms with Crippen molar-refractivity contribution in [1.29, 1.82) is 0 Å². The van der Waals surface area contributed by atoms with Crippen molar-refractivity contribution in [2.75, 3.05) is 11.8 Å². The number of hydrogen-bond acceptors (Lipinski definition) is 5. The Morgan fingerprint density at radius 2 is 1.54 bits per heavy atom. The zero-order valence-electron chi connectivity index (χ0n) is 13.6. The van der Waals surface area contributed by atoms with Gasteiger partial charge in [-0.3, -0.25) is 4.72 Å². The number of rotatable bonds is 4. The van der Waals surface area contributed by atoms with Crippen LogP contribution in [0.1, 0.15) is 11.4 Å². The quantitative estimate of drug-likeness (QED) is 0.787. The summed E-state index contributed by atoms with van der Waals surface area (Å²) >= 11 is 0. The molecule has 1 heterocycles. The second kappa shape index (κ2) is 6.09. The van der Waals surface area contributed by atoms with Crippen molar-refractivity contribution in [1.82, 2.24) is 9.97 Å². The van der Waals surface area contributed by atoms with Crippen LogP contribution in [-0.4, -0.2) is 25.5 Å². The van der Waals surface area contributed by atoms with E-state index in [1.54, 1.807) is 30.3 Å². The SMILES string of the molecule is COc1ccc(S(=O)(=O)Nc2ccc3nc(C)c(C)nc3c2)cc1. The zero-order chi connectivity index (χ0) is 17.3. The third kappa shape index (κ3) is 3.16. The number of nitrogens with zero attached hydrogens (tertiary/aromatic N) is 2. The van der Waals surface area contributed by atoms with E-state index in [0.717, 1.165) is 16.9 Å². The van der Waals surface area contributed by atoms with Crippen LogP contribution in [0.5, 0.6) is 5.75 Å². The second-order valence-corrected chi connectivity index (χ2v) is 7.06. The van der Waals surface area contributed by atoms with Crippen molar-refractivity contribution in [3.8, 4) is 5.75 Å². The van der Waals surface area contributed by atoms with Gasteiger partial charge in [-0.15, -0.1) is 0 Å². The third-order valence-electron chi connectivity index (χ3n) is 3.70. The van der Waals surface area contributed by atoms with Crippen LogP contribution < -0.4 is 9.46 Å². The molecule has 0 atom stereocenters. The highest BCUT2D eigenvalue weighted by Gasteiger charge is 2.15. The summed E-state index contributed by atoms with van der Waals surface area (Å²) in [5, 5.41) is 0. The van der Waals surface area contributed by atoms with E-state index in [9.17, 15) is 8.42 Å². The van der Waals surface area contributed by atoms with Gasteiger partial charge >= 0.3 is 0 Å². The Morgan fingerprint density at radius 3 is 2.17 bits per heavy atom. The Bertz CT molecular complexity index is 1000. The van der Waals surface area contributed by atoms with Gasteiger partial charge in [0.15, 0.2) is 0 Å². The van der Waals surface area contributed by atoms with Gasteiger partial charge in [0, 0.05) is 0 Å². The molecule has 0 bridgehead atoms. The summed E-state index contributed by atoms with van der Waals surface area (Å²) in [7, 11) is -2.15. The molecule has 3 rings (SSSR count). The highest BCUT2D eigenvalue weighted by Crippen LogP contribution is 2.22. The van der Waals surface area contributed by atoms with Gasteiger partial charge in [0.05, 0.1) is 40.1 Å². The molecule has 0 radical (unpaired) electrons. The lowest BCUT2D eigenvalue weighted by atomic mass is 10.2. The minimum Gasteiger partial charge on any atom is -0.497 e. The number of fused-ring (bicyclic) bond motifs is 1. The molecular formula is C17H17N3O3S. The maximum absolute atomic E-state index is 12.5. The number of methoxy groups -OCH3 is 1. The minimum absolute atomic E-state index is 0.162. The van der Waals surface area contributed by atoms with Gasteiger partial charge in [-0.2, -0.15) is 0 Å². The normalized spacial score (nSPS) is 11.5. The lowest BCUT2D eigenvalue weighted by molar-refractivity contribution is 0.414. The summed E-state index contributed by atoms with van der Waals surface area (Å²) in [6.45, 7) is 3.76. The lowest BCUT2D eigenvalue weighted by Gasteiger charge is -2.10. The van der Waals surface area contributed by atoms with Gasteiger partial charge in [-0.05, 0) is 56.3 Å². The smallest absolute Gasteiger partial charge is 0.261 e.